The van der Waals surface area contributed by atoms with Crippen LogP contribution in [0, 0.1) is 12.7 Å². The molecule has 0 fully saturated rings. The van der Waals surface area contributed by atoms with Gasteiger partial charge in [-0.1, -0.05) is 29.8 Å². The SMILES string of the molecule is CC(=O)Nc1ccc(F)c(NCc2ccc(C)cc2)c1. The van der Waals surface area contributed by atoms with Crippen molar-refractivity contribution in [3.8, 4) is 0 Å². The fourth-order valence-electron chi connectivity index (χ4n) is 1.84. The summed E-state index contributed by atoms with van der Waals surface area (Å²) in [5.41, 5.74) is 3.20. The first-order valence-corrected chi connectivity index (χ1v) is 6.41. The van der Waals surface area contributed by atoms with E-state index in [4.69, 9.17) is 0 Å². The van der Waals surface area contributed by atoms with E-state index in [0.717, 1.165) is 5.56 Å². The second-order valence-corrected chi connectivity index (χ2v) is 4.71. The van der Waals surface area contributed by atoms with Crippen molar-refractivity contribution in [1.29, 1.82) is 0 Å². The van der Waals surface area contributed by atoms with Gasteiger partial charge in [0.25, 0.3) is 0 Å². The summed E-state index contributed by atoms with van der Waals surface area (Å²) in [7, 11) is 0. The van der Waals surface area contributed by atoms with Crippen LogP contribution >= 0.6 is 0 Å². The average molecular weight is 272 g/mol. The third-order valence-corrected chi connectivity index (χ3v) is 2.89. The van der Waals surface area contributed by atoms with Gasteiger partial charge < -0.3 is 10.6 Å². The molecular formula is C16H17FN2O. The van der Waals surface area contributed by atoms with Crippen molar-refractivity contribution in [2.75, 3.05) is 10.6 Å². The molecule has 0 aliphatic heterocycles. The summed E-state index contributed by atoms with van der Waals surface area (Å²) in [6.07, 6.45) is 0. The van der Waals surface area contributed by atoms with E-state index in [-0.39, 0.29) is 11.7 Å². The molecule has 0 aliphatic carbocycles. The molecule has 0 atom stereocenters. The Morgan fingerprint density at radius 2 is 1.85 bits per heavy atom. The van der Waals surface area contributed by atoms with Crippen LogP contribution in [0.1, 0.15) is 18.1 Å². The Morgan fingerprint density at radius 3 is 2.50 bits per heavy atom. The average Bonchev–Trinajstić information content (AvgIpc) is 2.40. The standard InChI is InChI=1S/C16H17FN2O/c1-11-3-5-13(6-4-11)10-18-16-9-14(19-12(2)20)7-8-15(16)17/h3-9,18H,10H2,1-2H3,(H,19,20). The Hall–Kier alpha value is -2.36. The monoisotopic (exact) mass is 272 g/mol. The van der Waals surface area contributed by atoms with Crippen LogP contribution in [0.3, 0.4) is 0 Å². The first-order chi connectivity index (χ1) is 9.54. The van der Waals surface area contributed by atoms with E-state index in [9.17, 15) is 9.18 Å². The predicted molar refractivity (Wildman–Crippen MR) is 79.2 cm³/mol. The molecular weight excluding hydrogens is 255 g/mol. The fourth-order valence-corrected chi connectivity index (χ4v) is 1.84. The number of nitrogens with one attached hydrogen (secondary N) is 2. The quantitative estimate of drug-likeness (QED) is 0.891. The highest BCUT2D eigenvalue weighted by Crippen LogP contribution is 2.20. The zero-order valence-corrected chi connectivity index (χ0v) is 11.5. The molecule has 0 spiro atoms. The van der Waals surface area contributed by atoms with Gasteiger partial charge in [0.15, 0.2) is 0 Å². The summed E-state index contributed by atoms with van der Waals surface area (Å²) in [6, 6.07) is 12.5. The molecule has 0 heterocycles. The van der Waals surface area contributed by atoms with Crippen molar-refractivity contribution < 1.29 is 9.18 Å². The van der Waals surface area contributed by atoms with E-state index in [1.54, 1.807) is 6.07 Å². The lowest BCUT2D eigenvalue weighted by molar-refractivity contribution is -0.114. The van der Waals surface area contributed by atoms with Crippen molar-refractivity contribution in [2.24, 2.45) is 0 Å². The minimum Gasteiger partial charge on any atom is -0.379 e. The topological polar surface area (TPSA) is 41.1 Å². The second kappa shape index (κ2) is 6.19. The van der Waals surface area contributed by atoms with Gasteiger partial charge in [0, 0.05) is 19.2 Å². The number of amides is 1. The van der Waals surface area contributed by atoms with Crippen molar-refractivity contribution >= 4 is 17.3 Å². The normalized spacial score (nSPS) is 10.2. The molecule has 0 radical (unpaired) electrons. The molecule has 2 N–H and O–H groups in total. The van der Waals surface area contributed by atoms with Crippen LogP contribution in [0.2, 0.25) is 0 Å². The van der Waals surface area contributed by atoms with Crippen LogP contribution < -0.4 is 10.6 Å². The van der Waals surface area contributed by atoms with Gasteiger partial charge >= 0.3 is 0 Å². The number of hydrogen-bond acceptors (Lipinski definition) is 2. The van der Waals surface area contributed by atoms with Gasteiger partial charge in [-0.3, -0.25) is 4.79 Å². The van der Waals surface area contributed by atoms with Crippen molar-refractivity contribution in [1.82, 2.24) is 0 Å². The molecule has 1 amide bonds. The van der Waals surface area contributed by atoms with E-state index >= 15 is 0 Å². The number of halogens is 1. The molecule has 0 saturated carbocycles. The molecule has 0 unspecified atom stereocenters. The van der Waals surface area contributed by atoms with Gasteiger partial charge in [-0.15, -0.1) is 0 Å². The zero-order chi connectivity index (χ0) is 14.5. The number of benzene rings is 2. The van der Waals surface area contributed by atoms with Crippen molar-refractivity contribution in [3.63, 3.8) is 0 Å². The van der Waals surface area contributed by atoms with Crippen LogP contribution in [0.25, 0.3) is 0 Å². The molecule has 0 saturated heterocycles. The third kappa shape index (κ3) is 3.82. The fraction of sp³-hybridized carbons (Fsp3) is 0.188. The molecule has 2 aromatic carbocycles. The maximum absolute atomic E-state index is 13.7. The molecule has 2 rings (SSSR count). The van der Waals surface area contributed by atoms with E-state index in [0.29, 0.717) is 17.9 Å². The lowest BCUT2D eigenvalue weighted by atomic mass is 10.1. The lowest BCUT2D eigenvalue weighted by Crippen LogP contribution is -2.07. The molecule has 2 aromatic rings. The Bertz CT molecular complexity index is 608. The lowest BCUT2D eigenvalue weighted by Gasteiger charge is -2.10. The zero-order valence-electron chi connectivity index (χ0n) is 11.5. The van der Waals surface area contributed by atoms with Gasteiger partial charge in [-0.2, -0.15) is 0 Å². The van der Waals surface area contributed by atoms with Gasteiger partial charge in [0.05, 0.1) is 5.69 Å². The molecule has 4 heteroatoms. The van der Waals surface area contributed by atoms with Crippen LogP contribution in [0.4, 0.5) is 15.8 Å². The smallest absolute Gasteiger partial charge is 0.221 e. The number of hydrogen-bond donors (Lipinski definition) is 2. The van der Waals surface area contributed by atoms with E-state index in [1.807, 2.05) is 31.2 Å². The number of carbonyl (C=O) groups is 1. The van der Waals surface area contributed by atoms with Crippen LogP contribution in [-0.2, 0) is 11.3 Å². The molecule has 0 bridgehead atoms. The molecule has 0 aliphatic rings. The van der Waals surface area contributed by atoms with E-state index in [2.05, 4.69) is 10.6 Å². The third-order valence-electron chi connectivity index (χ3n) is 2.89. The molecule has 0 aromatic heterocycles. The Morgan fingerprint density at radius 1 is 1.15 bits per heavy atom. The minimum atomic E-state index is -0.341. The summed E-state index contributed by atoms with van der Waals surface area (Å²) >= 11 is 0. The first kappa shape index (κ1) is 14.1. The maximum Gasteiger partial charge on any atom is 0.221 e. The number of rotatable bonds is 4. The second-order valence-electron chi connectivity index (χ2n) is 4.71. The van der Waals surface area contributed by atoms with Gasteiger partial charge in [-0.25, -0.2) is 4.39 Å². The largest absolute Gasteiger partial charge is 0.379 e. The summed E-state index contributed by atoms with van der Waals surface area (Å²) in [5.74, 6) is -0.521. The first-order valence-electron chi connectivity index (χ1n) is 6.41. The Balaban J connectivity index is 2.08. The molecule has 104 valence electrons. The summed E-state index contributed by atoms with van der Waals surface area (Å²) in [5, 5.41) is 5.67. The highest BCUT2D eigenvalue weighted by molar-refractivity contribution is 5.89. The highest BCUT2D eigenvalue weighted by atomic mass is 19.1. The number of anilines is 2. The van der Waals surface area contributed by atoms with Crippen LogP contribution in [-0.4, -0.2) is 5.91 Å². The summed E-state index contributed by atoms with van der Waals surface area (Å²) in [6.45, 7) is 3.97. The van der Waals surface area contributed by atoms with Crippen molar-refractivity contribution in [2.45, 2.75) is 20.4 Å². The highest BCUT2D eigenvalue weighted by Gasteiger charge is 2.04. The Kier molecular flexibility index (Phi) is 4.35. The molecule has 20 heavy (non-hydrogen) atoms. The maximum atomic E-state index is 13.7. The molecule has 3 nitrogen and oxygen atoms in total. The van der Waals surface area contributed by atoms with Crippen LogP contribution in [0.5, 0.6) is 0 Å². The predicted octanol–water partition coefficient (Wildman–Crippen LogP) is 3.70. The van der Waals surface area contributed by atoms with Gasteiger partial charge in [0.2, 0.25) is 5.91 Å². The van der Waals surface area contributed by atoms with Crippen molar-refractivity contribution in [3.05, 3.63) is 59.4 Å². The van der Waals surface area contributed by atoms with Crippen LogP contribution in [0.15, 0.2) is 42.5 Å². The minimum absolute atomic E-state index is 0.180. The summed E-state index contributed by atoms with van der Waals surface area (Å²) in [4.78, 5) is 11.0. The number of carbonyl (C=O) groups excluding carboxylic acids is 1. The van der Waals surface area contributed by atoms with E-state index < -0.39 is 0 Å². The Labute approximate surface area is 117 Å². The van der Waals surface area contributed by atoms with Gasteiger partial charge in [-0.05, 0) is 30.7 Å². The van der Waals surface area contributed by atoms with Gasteiger partial charge in [0.1, 0.15) is 5.82 Å². The van der Waals surface area contributed by atoms with E-state index in [1.165, 1.54) is 24.6 Å². The number of aryl methyl sites for hydroxylation is 1. The summed E-state index contributed by atoms with van der Waals surface area (Å²) < 4.78 is 13.7.